The highest BCUT2D eigenvalue weighted by Gasteiger charge is 2.51. The third-order valence-corrected chi connectivity index (χ3v) is 4.35. The van der Waals surface area contributed by atoms with E-state index in [1.165, 1.54) is 6.07 Å². The van der Waals surface area contributed by atoms with Gasteiger partial charge in [-0.3, -0.25) is 4.79 Å². The fourth-order valence-electron chi connectivity index (χ4n) is 2.48. The number of halogens is 1. The van der Waals surface area contributed by atoms with Gasteiger partial charge in [-0.1, -0.05) is 28.1 Å². The topological polar surface area (TPSA) is 79.5 Å². The number of amides is 1. The maximum Gasteiger partial charge on any atom is 0.371 e. The molecule has 1 aliphatic carbocycles. The maximum absolute atomic E-state index is 12.5. The molecule has 1 aromatic carbocycles. The summed E-state index contributed by atoms with van der Waals surface area (Å²) in [6.07, 6.45) is 1.63. The molecule has 1 heterocycles. The lowest BCUT2D eigenvalue weighted by atomic mass is 9.95. The molecule has 1 saturated carbocycles. The smallest absolute Gasteiger partial charge is 0.371 e. The summed E-state index contributed by atoms with van der Waals surface area (Å²) in [5.41, 5.74) is 0.525. The van der Waals surface area contributed by atoms with Crippen molar-refractivity contribution in [1.82, 2.24) is 5.32 Å². The highest BCUT2D eigenvalue weighted by molar-refractivity contribution is 9.10. The van der Waals surface area contributed by atoms with Crippen molar-refractivity contribution < 1.29 is 19.1 Å². The van der Waals surface area contributed by atoms with E-state index in [1.807, 2.05) is 24.3 Å². The van der Waals surface area contributed by atoms with Crippen LogP contribution in [-0.4, -0.2) is 17.0 Å². The zero-order chi connectivity index (χ0) is 15.7. The third-order valence-electron chi connectivity index (χ3n) is 3.86. The Morgan fingerprint density at radius 1 is 1.27 bits per heavy atom. The minimum Gasteiger partial charge on any atom is -0.475 e. The molecule has 0 atom stereocenters. The van der Waals surface area contributed by atoms with Crippen molar-refractivity contribution in [3.05, 3.63) is 58.0 Å². The molecule has 2 aromatic rings. The average molecular weight is 364 g/mol. The summed E-state index contributed by atoms with van der Waals surface area (Å²) >= 11 is 3.42. The second-order valence-electron chi connectivity index (χ2n) is 5.35. The molecule has 5 nitrogen and oxygen atoms in total. The molecule has 0 unspecified atom stereocenters. The van der Waals surface area contributed by atoms with Crippen LogP contribution >= 0.6 is 15.9 Å². The summed E-state index contributed by atoms with van der Waals surface area (Å²) in [5.74, 6) is -0.877. The number of carboxylic acids is 1. The third kappa shape index (κ3) is 2.78. The summed E-state index contributed by atoms with van der Waals surface area (Å²) < 4.78 is 6.08. The number of benzene rings is 1. The number of nitrogens with one attached hydrogen (secondary N) is 1. The number of carbonyl (C=O) groups excluding carboxylic acids is 1. The van der Waals surface area contributed by atoms with Gasteiger partial charge in [0.2, 0.25) is 11.7 Å². The summed E-state index contributed by atoms with van der Waals surface area (Å²) in [5, 5.41) is 11.6. The fraction of sp³-hybridized carbons (Fsp3) is 0.250. The van der Waals surface area contributed by atoms with Crippen LogP contribution in [-0.2, 0) is 16.8 Å². The molecule has 1 aromatic heterocycles. The van der Waals surface area contributed by atoms with Crippen LogP contribution in [0.15, 0.2) is 45.3 Å². The molecule has 0 aliphatic heterocycles. The van der Waals surface area contributed by atoms with Crippen LogP contribution in [0.5, 0.6) is 0 Å². The first kappa shape index (κ1) is 14.8. The van der Waals surface area contributed by atoms with Gasteiger partial charge in [0.05, 0.1) is 12.0 Å². The van der Waals surface area contributed by atoms with Crippen molar-refractivity contribution in [3.8, 4) is 0 Å². The van der Waals surface area contributed by atoms with E-state index in [0.29, 0.717) is 5.76 Å². The van der Waals surface area contributed by atoms with Gasteiger partial charge in [0, 0.05) is 4.47 Å². The summed E-state index contributed by atoms with van der Waals surface area (Å²) in [7, 11) is 0. The summed E-state index contributed by atoms with van der Waals surface area (Å²) in [6.45, 7) is 0.182. The van der Waals surface area contributed by atoms with Gasteiger partial charge in [-0.2, -0.15) is 0 Å². The standard InChI is InChI=1S/C16H14BrNO4/c17-11-3-1-2-10(8-11)16(6-7-16)15(21)18-9-12-4-5-13(22-12)14(19)20/h1-5,8H,6-7,9H2,(H,18,21)(H,19,20). The zero-order valence-electron chi connectivity index (χ0n) is 11.6. The molecular formula is C16H14BrNO4. The van der Waals surface area contributed by atoms with Crippen LogP contribution in [0, 0.1) is 0 Å². The molecule has 1 amide bonds. The Labute approximate surface area is 135 Å². The van der Waals surface area contributed by atoms with Crippen LogP contribution in [0.25, 0.3) is 0 Å². The quantitative estimate of drug-likeness (QED) is 0.855. The molecule has 3 rings (SSSR count). The van der Waals surface area contributed by atoms with Gasteiger partial charge in [-0.25, -0.2) is 4.79 Å². The molecule has 0 radical (unpaired) electrons. The van der Waals surface area contributed by atoms with E-state index >= 15 is 0 Å². The highest BCUT2D eigenvalue weighted by Crippen LogP contribution is 2.48. The van der Waals surface area contributed by atoms with E-state index < -0.39 is 11.4 Å². The van der Waals surface area contributed by atoms with Gasteiger partial charge in [-0.15, -0.1) is 0 Å². The van der Waals surface area contributed by atoms with Crippen LogP contribution in [0.2, 0.25) is 0 Å². The van der Waals surface area contributed by atoms with Gasteiger partial charge in [-0.05, 0) is 42.7 Å². The Bertz CT molecular complexity index is 733. The van der Waals surface area contributed by atoms with Crippen molar-refractivity contribution in [2.75, 3.05) is 0 Å². The summed E-state index contributed by atoms with van der Waals surface area (Å²) in [4.78, 5) is 23.2. The predicted octanol–water partition coefficient (Wildman–Crippen LogP) is 3.09. The molecule has 114 valence electrons. The van der Waals surface area contributed by atoms with Crippen molar-refractivity contribution >= 4 is 27.8 Å². The first-order valence-electron chi connectivity index (χ1n) is 6.88. The fourth-order valence-corrected chi connectivity index (χ4v) is 2.88. The average Bonchev–Trinajstić information content (AvgIpc) is 3.16. The number of hydrogen-bond acceptors (Lipinski definition) is 3. The Balaban J connectivity index is 1.68. The lowest BCUT2D eigenvalue weighted by molar-refractivity contribution is -0.123. The molecule has 6 heteroatoms. The van der Waals surface area contributed by atoms with E-state index in [4.69, 9.17) is 9.52 Å². The van der Waals surface area contributed by atoms with E-state index in [0.717, 1.165) is 22.9 Å². The Kier molecular flexibility index (Phi) is 3.78. The first-order chi connectivity index (χ1) is 10.5. The molecule has 1 aliphatic rings. The van der Waals surface area contributed by atoms with Crippen LogP contribution in [0.1, 0.15) is 34.7 Å². The van der Waals surface area contributed by atoms with Crippen LogP contribution in [0.3, 0.4) is 0 Å². The van der Waals surface area contributed by atoms with E-state index in [1.54, 1.807) is 6.07 Å². The Morgan fingerprint density at radius 2 is 2.05 bits per heavy atom. The minimum absolute atomic E-state index is 0.0566. The summed E-state index contributed by atoms with van der Waals surface area (Å²) in [6, 6.07) is 10.7. The van der Waals surface area contributed by atoms with Gasteiger partial charge in [0.15, 0.2) is 0 Å². The molecule has 0 bridgehead atoms. The number of aromatic carboxylic acids is 1. The SMILES string of the molecule is O=C(O)c1ccc(CNC(=O)C2(c3cccc(Br)c3)CC2)o1. The second kappa shape index (κ2) is 5.61. The number of carbonyl (C=O) groups is 2. The molecule has 0 spiro atoms. The first-order valence-corrected chi connectivity index (χ1v) is 7.67. The number of rotatable bonds is 5. The predicted molar refractivity (Wildman–Crippen MR) is 82.6 cm³/mol. The van der Waals surface area contributed by atoms with Gasteiger partial charge >= 0.3 is 5.97 Å². The zero-order valence-corrected chi connectivity index (χ0v) is 13.2. The molecular weight excluding hydrogens is 350 g/mol. The van der Waals surface area contributed by atoms with E-state index in [9.17, 15) is 9.59 Å². The number of furan rings is 1. The molecule has 0 saturated heterocycles. The van der Waals surface area contributed by atoms with E-state index in [2.05, 4.69) is 21.2 Å². The van der Waals surface area contributed by atoms with Gasteiger partial charge in [0.25, 0.3) is 0 Å². The highest BCUT2D eigenvalue weighted by atomic mass is 79.9. The van der Waals surface area contributed by atoms with E-state index in [-0.39, 0.29) is 18.2 Å². The van der Waals surface area contributed by atoms with Crippen molar-refractivity contribution in [2.24, 2.45) is 0 Å². The number of carboxylic acid groups (broad SMARTS) is 1. The van der Waals surface area contributed by atoms with Crippen LogP contribution in [0.4, 0.5) is 0 Å². The molecule has 22 heavy (non-hydrogen) atoms. The Morgan fingerprint density at radius 3 is 2.64 bits per heavy atom. The van der Waals surface area contributed by atoms with Crippen molar-refractivity contribution in [3.63, 3.8) is 0 Å². The van der Waals surface area contributed by atoms with Gasteiger partial charge in [0.1, 0.15) is 5.76 Å². The maximum atomic E-state index is 12.5. The second-order valence-corrected chi connectivity index (χ2v) is 6.26. The number of hydrogen-bond donors (Lipinski definition) is 2. The molecule has 1 fully saturated rings. The lowest BCUT2D eigenvalue weighted by Gasteiger charge is -2.15. The minimum atomic E-state index is -1.12. The Hall–Kier alpha value is -2.08. The monoisotopic (exact) mass is 363 g/mol. The lowest BCUT2D eigenvalue weighted by Crippen LogP contribution is -2.34. The van der Waals surface area contributed by atoms with Crippen molar-refractivity contribution in [1.29, 1.82) is 0 Å². The largest absolute Gasteiger partial charge is 0.475 e. The van der Waals surface area contributed by atoms with Gasteiger partial charge < -0.3 is 14.8 Å². The van der Waals surface area contributed by atoms with Crippen LogP contribution < -0.4 is 5.32 Å². The normalized spacial score (nSPS) is 15.3. The molecule has 2 N–H and O–H groups in total. The van der Waals surface area contributed by atoms with Crippen molar-refractivity contribution in [2.45, 2.75) is 24.8 Å².